The average molecular weight is 639 g/mol. The number of carbonyl (C=O) groups is 2. The van der Waals surface area contributed by atoms with Crippen LogP contribution in [-0.2, 0) is 32.6 Å². The molecule has 3 aromatic carbocycles. The van der Waals surface area contributed by atoms with Crippen molar-refractivity contribution in [3.05, 3.63) is 98.5 Å². The lowest BCUT2D eigenvalue weighted by molar-refractivity contribution is -0.140. The first-order chi connectivity index (χ1) is 19.3. The van der Waals surface area contributed by atoms with Gasteiger partial charge in [0.05, 0.1) is 11.9 Å². The number of benzene rings is 3. The van der Waals surface area contributed by atoms with E-state index in [1.807, 2.05) is 44.2 Å². The number of amides is 2. The minimum atomic E-state index is -3.92. The summed E-state index contributed by atoms with van der Waals surface area (Å²) >= 11 is 18.9. The smallest absolute Gasteiger partial charge is 0.244 e. The minimum absolute atomic E-state index is 0.0481. The normalized spacial score (nSPS) is 12.2. The van der Waals surface area contributed by atoms with Gasteiger partial charge in [0, 0.05) is 34.6 Å². The Morgan fingerprint density at radius 1 is 0.927 bits per heavy atom. The van der Waals surface area contributed by atoms with Crippen LogP contribution in [0.3, 0.4) is 0 Å². The Kier molecular flexibility index (Phi) is 11.5. The van der Waals surface area contributed by atoms with E-state index in [-0.39, 0.29) is 30.5 Å². The van der Waals surface area contributed by atoms with Crippen LogP contribution in [0.25, 0.3) is 0 Å². The quantitative estimate of drug-likeness (QED) is 0.259. The number of hydrogen-bond acceptors (Lipinski definition) is 4. The molecule has 0 radical (unpaired) electrons. The summed E-state index contributed by atoms with van der Waals surface area (Å²) in [6.45, 7) is 5.44. The van der Waals surface area contributed by atoms with Crippen LogP contribution >= 0.6 is 34.8 Å². The predicted octanol–water partition coefficient (Wildman–Crippen LogP) is 6.13. The van der Waals surface area contributed by atoms with E-state index >= 15 is 0 Å². The number of carbonyl (C=O) groups excluding carboxylic acids is 2. The maximum Gasteiger partial charge on any atom is 0.244 e. The van der Waals surface area contributed by atoms with E-state index in [2.05, 4.69) is 5.32 Å². The molecule has 1 unspecified atom stereocenters. The highest BCUT2D eigenvalue weighted by Gasteiger charge is 2.33. The average Bonchev–Trinajstić information content (AvgIpc) is 2.90. The summed E-state index contributed by atoms with van der Waals surface area (Å²) in [5.41, 5.74) is 2.18. The van der Waals surface area contributed by atoms with Gasteiger partial charge >= 0.3 is 0 Å². The monoisotopic (exact) mass is 637 g/mol. The van der Waals surface area contributed by atoms with Crippen molar-refractivity contribution in [2.45, 2.75) is 39.8 Å². The summed E-state index contributed by atoms with van der Waals surface area (Å²) < 4.78 is 27.0. The lowest BCUT2D eigenvalue weighted by atomic mass is 10.0. The number of hydrogen-bond donors (Lipinski definition) is 1. The molecule has 0 aliphatic heterocycles. The van der Waals surface area contributed by atoms with Gasteiger partial charge in [0.2, 0.25) is 21.8 Å². The van der Waals surface area contributed by atoms with E-state index in [9.17, 15) is 18.0 Å². The van der Waals surface area contributed by atoms with Crippen molar-refractivity contribution in [1.29, 1.82) is 0 Å². The molecule has 0 fully saturated rings. The molecular formula is C30H34Cl3N3O4S. The maximum absolute atomic E-state index is 14.2. The van der Waals surface area contributed by atoms with E-state index in [1.54, 1.807) is 43.3 Å². The Balaban J connectivity index is 2.10. The second kappa shape index (κ2) is 14.4. The summed E-state index contributed by atoms with van der Waals surface area (Å²) in [5.74, 6) is -0.759. The van der Waals surface area contributed by atoms with Crippen molar-refractivity contribution < 1.29 is 18.0 Å². The van der Waals surface area contributed by atoms with Crippen molar-refractivity contribution in [1.82, 2.24) is 10.2 Å². The first kappa shape index (κ1) is 32.7. The molecule has 0 saturated carbocycles. The van der Waals surface area contributed by atoms with Gasteiger partial charge in [-0.2, -0.15) is 0 Å². The van der Waals surface area contributed by atoms with Crippen LogP contribution in [0.4, 0.5) is 5.69 Å². The van der Waals surface area contributed by atoms with Gasteiger partial charge in [0.15, 0.2) is 0 Å². The van der Waals surface area contributed by atoms with E-state index < -0.39 is 28.5 Å². The number of nitrogens with zero attached hydrogens (tertiary/aromatic N) is 2. The molecular weight excluding hydrogens is 605 g/mol. The lowest BCUT2D eigenvalue weighted by Gasteiger charge is -2.34. The molecule has 3 rings (SSSR count). The molecule has 0 heterocycles. The molecule has 3 aromatic rings. The Morgan fingerprint density at radius 2 is 1.61 bits per heavy atom. The fourth-order valence-electron chi connectivity index (χ4n) is 4.27. The second-order valence-electron chi connectivity index (χ2n) is 10.3. The lowest BCUT2D eigenvalue weighted by Crippen LogP contribution is -2.53. The Bertz CT molecular complexity index is 1480. The van der Waals surface area contributed by atoms with Crippen LogP contribution in [-0.4, -0.2) is 50.5 Å². The molecule has 0 spiro atoms. The highest BCUT2D eigenvalue weighted by atomic mass is 35.5. The second-order valence-corrected chi connectivity index (χ2v) is 13.4. The Hall–Kier alpha value is -2.78. The zero-order valence-corrected chi connectivity index (χ0v) is 26.5. The van der Waals surface area contributed by atoms with Gasteiger partial charge in [-0.1, -0.05) is 91.1 Å². The summed E-state index contributed by atoms with van der Waals surface area (Å²) in [6.07, 6.45) is 1.23. The standard InChI is InChI=1S/C30H34Cl3N3O4S/c1-20(2)17-34-30(38)28(15-22-9-6-5-7-10-22)35(18-23-13-14-24(31)16-26(23)33)29(37)19-36(41(4,39)40)27-12-8-11-25(32)21(27)3/h5-14,16,20,28H,15,17-19H2,1-4H3,(H,34,38). The highest BCUT2D eigenvalue weighted by Crippen LogP contribution is 2.29. The summed E-state index contributed by atoms with van der Waals surface area (Å²) in [4.78, 5) is 29.2. The van der Waals surface area contributed by atoms with Crippen LogP contribution in [0, 0.1) is 12.8 Å². The molecule has 0 aliphatic rings. The van der Waals surface area contributed by atoms with Crippen molar-refractivity contribution >= 4 is 62.3 Å². The molecule has 0 aliphatic carbocycles. The summed E-state index contributed by atoms with van der Waals surface area (Å²) in [7, 11) is -3.92. The molecule has 41 heavy (non-hydrogen) atoms. The molecule has 0 saturated heterocycles. The Labute approximate surface area is 257 Å². The Morgan fingerprint density at radius 3 is 2.22 bits per heavy atom. The minimum Gasteiger partial charge on any atom is -0.354 e. The van der Waals surface area contributed by atoms with Crippen LogP contribution in [0.1, 0.15) is 30.5 Å². The van der Waals surface area contributed by atoms with Gasteiger partial charge in [-0.25, -0.2) is 8.42 Å². The third-order valence-electron chi connectivity index (χ3n) is 6.50. The van der Waals surface area contributed by atoms with E-state index in [4.69, 9.17) is 34.8 Å². The van der Waals surface area contributed by atoms with Gasteiger partial charge in [-0.05, 0) is 53.8 Å². The maximum atomic E-state index is 14.2. The SMILES string of the molecule is Cc1c(Cl)cccc1N(CC(=O)N(Cc1ccc(Cl)cc1Cl)C(Cc1ccccc1)C(=O)NCC(C)C)S(C)(=O)=O. The zero-order valence-electron chi connectivity index (χ0n) is 23.4. The number of nitrogens with one attached hydrogen (secondary N) is 1. The first-order valence-electron chi connectivity index (χ1n) is 13.1. The van der Waals surface area contributed by atoms with Crippen LogP contribution in [0.15, 0.2) is 66.7 Å². The molecule has 7 nitrogen and oxygen atoms in total. The molecule has 220 valence electrons. The van der Waals surface area contributed by atoms with Crippen molar-refractivity contribution in [2.75, 3.05) is 23.7 Å². The van der Waals surface area contributed by atoms with Crippen LogP contribution in [0.2, 0.25) is 15.1 Å². The van der Waals surface area contributed by atoms with E-state index in [0.717, 1.165) is 16.1 Å². The van der Waals surface area contributed by atoms with Gasteiger partial charge in [-0.3, -0.25) is 13.9 Å². The number of sulfonamides is 1. The molecule has 0 aromatic heterocycles. The number of rotatable bonds is 12. The van der Waals surface area contributed by atoms with Crippen molar-refractivity contribution in [3.63, 3.8) is 0 Å². The van der Waals surface area contributed by atoms with E-state index in [1.165, 1.54) is 4.90 Å². The highest BCUT2D eigenvalue weighted by molar-refractivity contribution is 7.92. The summed E-state index contributed by atoms with van der Waals surface area (Å²) in [6, 6.07) is 18.1. The fraction of sp³-hybridized carbons (Fsp3) is 0.333. The first-order valence-corrected chi connectivity index (χ1v) is 16.0. The van der Waals surface area contributed by atoms with Crippen molar-refractivity contribution in [3.8, 4) is 0 Å². The van der Waals surface area contributed by atoms with Crippen LogP contribution < -0.4 is 9.62 Å². The third kappa shape index (κ3) is 9.10. The van der Waals surface area contributed by atoms with Gasteiger partial charge in [0.1, 0.15) is 12.6 Å². The van der Waals surface area contributed by atoms with Gasteiger partial charge in [-0.15, -0.1) is 0 Å². The molecule has 1 N–H and O–H groups in total. The molecule has 1 atom stereocenters. The topological polar surface area (TPSA) is 86.8 Å². The largest absolute Gasteiger partial charge is 0.354 e. The third-order valence-corrected chi connectivity index (χ3v) is 8.62. The fourth-order valence-corrected chi connectivity index (χ4v) is 5.81. The predicted molar refractivity (Wildman–Crippen MR) is 167 cm³/mol. The zero-order chi connectivity index (χ0) is 30.3. The van der Waals surface area contributed by atoms with E-state index in [0.29, 0.717) is 32.7 Å². The molecule has 2 amide bonds. The number of halogens is 3. The van der Waals surface area contributed by atoms with Gasteiger partial charge < -0.3 is 10.2 Å². The van der Waals surface area contributed by atoms with Crippen LogP contribution in [0.5, 0.6) is 0 Å². The molecule has 0 bridgehead atoms. The summed E-state index contributed by atoms with van der Waals surface area (Å²) in [5, 5.41) is 4.05. The van der Waals surface area contributed by atoms with Gasteiger partial charge in [0.25, 0.3) is 0 Å². The van der Waals surface area contributed by atoms with Crippen molar-refractivity contribution in [2.24, 2.45) is 5.92 Å². The molecule has 11 heteroatoms. The number of anilines is 1.